The van der Waals surface area contributed by atoms with Gasteiger partial charge in [0.05, 0.1) is 0 Å². The number of amides is 1. The summed E-state index contributed by atoms with van der Waals surface area (Å²) in [6.45, 7) is 4.96. The van der Waals surface area contributed by atoms with E-state index in [1.54, 1.807) is 11.0 Å². The molecule has 1 rings (SSSR count). The number of thiocarbonyl (C=S) groups is 1. The first-order chi connectivity index (χ1) is 6.75. The summed E-state index contributed by atoms with van der Waals surface area (Å²) >= 11 is 5.12. The van der Waals surface area contributed by atoms with Gasteiger partial charge in [-0.2, -0.15) is 0 Å². The molecule has 0 aliphatic carbocycles. The highest BCUT2D eigenvalue weighted by Crippen LogP contribution is 2.11. The fourth-order valence-electron chi connectivity index (χ4n) is 1.45. The number of hydrogen-bond donors (Lipinski definition) is 1. The molecule has 1 amide bonds. The van der Waals surface area contributed by atoms with Gasteiger partial charge in [-0.3, -0.25) is 9.69 Å². The van der Waals surface area contributed by atoms with E-state index in [0.717, 1.165) is 25.8 Å². The maximum absolute atomic E-state index is 11.6. The van der Waals surface area contributed by atoms with Crippen molar-refractivity contribution in [3.05, 3.63) is 12.7 Å². The topological polar surface area (TPSA) is 32.3 Å². The Morgan fingerprint density at radius 3 is 3.07 bits per heavy atom. The van der Waals surface area contributed by atoms with Gasteiger partial charge in [-0.1, -0.05) is 12.5 Å². The minimum atomic E-state index is 0.143. The van der Waals surface area contributed by atoms with Gasteiger partial charge in [0.1, 0.15) is 0 Å². The second-order valence-electron chi connectivity index (χ2n) is 3.33. The summed E-state index contributed by atoms with van der Waals surface area (Å²) in [6.07, 6.45) is 5.50. The van der Waals surface area contributed by atoms with E-state index < -0.39 is 0 Å². The number of carbonyl (C=O) groups excluding carboxylic acids is 1. The zero-order valence-corrected chi connectivity index (χ0v) is 9.11. The van der Waals surface area contributed by atoms with Crippen LogP contribution >= 0.6 is 12.2 Å². The number of carbonyl (C=O) groups is 1. The summed E-state index contributed by atoms with van der Waals surface area (Å²) in [5.41, 5.74) is 0. The van der Waals surface area contributed by atoms with Crippen molar-refractivity contribution >= 4 is 23.2 Å². The van der Waals surface area contributed by atoms with Crippen molar-refractivity contribution < 1.29 is 4.79 Å². The molecule has 4 heteroatoms. The van der Waals surface area contributed by atoms with Gasteiger partial charge in [0.15, 0.2) is 5.11 Å². The molecule has 1 N–H and O–H groups in total. The molecule has 0 radical (unpaired) electrons. The van der Waals surface area contributed by atoms with Crippen LogP contribution in [0.3, 0.4) is 0 Å². The highest BCUT2D eigenvalue weighted by atomic mass is 32.1. The Labute approximate surface area is 90.2 Å². The van der Waals surface area contributed by atoms with Crippen molar-refractivity contribution in [2.24, 2.45) is 0 Å². The van der Waals surface area contributed by atoms with E-state index in [1.807, 2.05) is 0 Å². The molecule has 0 bridgehead atoms. The summed E-state index contributed by atoms with van der Waals surface area (Å²) in [6, 6.07) is 0. The first-order valence-corrected chi connectivity index (χ1v) is 5.35. The summed E-state index contributed by atoms with van der Waals surface area (Å²) in [4.78, 5) is 13.3. The lowest BCUT2D eigenvalue weighted by Gasteiger charge is -2.21. The van der Waals surface area contributed by atoms with Gasteiger partial charge in [0.25, 0.3) is 0 Å². The van der Waals surface area contributed by atoms with E-state index in [-0.39, 0.29) is 5.91 Å². The van der Waals surface area contributed by atoms with E-state index >= 15 is 0 Å². The number of nitrogens with zero attached hydrogens (tertiary/aromatic N) is 1. The zero-order chi connectivity index (χ0) is 10.4. The molecular weight excluding hydrogens is 196 g/mol. The lowest BCUT2D eigenvalue weighted by Crippen LogP contribution is -2.43. The predicted molar refractivity (Wildman–Crippen MR) is 61.0 cm³/mol. The van der Waals surface area contributed by atoms with Crippen LogP contribution in [0.1, 0.15) is 25.7 Å². The molecule has 0 atom stereocenters. The van der Waals surface area contributed by atoms with Crippen LogP contribution in [0.25, 0.3) is 0 Å². The minimum absolute atomic E-state index is 0.143. The molecule has 1 fully saturated rings. The van der Waals surface area contributed by atoms with Crippen LogP contribution in [0.5, 0.6) is 0 Å². The van der Waals surface area contributed by atoms with Crippen molar-refractivity contribution in [3.63, 3.8) is 0 Å². The van der Waals surface area contributed by atoms with E-state index in [1.165, 1.54) is 0 Å². The predicted octanol–water partition coefficient (Wildman–Crippen LogP) is 1.45. The molecule has 1 aliphatic heterocycles. The van der Waals surface area contributed by atoms with Gasteiger partial charge < -0.3 is 5.32 Å². The summed E-state index contributed by atoms with van der Waals surface area (Å²) in [7, 11) is 0. The number of rotatable bonds is 2. The summed E-state index contributed by atoms with van der Waals surface area (Å²) in [5, 5.41) is 3.52. The van der Waals surface area contributed by atoms with Crippen LogP contribution in [-0.2, 0) is 4.79 Å². The lowest BCUT2D eigenvalue weighted by atomic mass is 10.2. The molecule has 0 aromatic rings. The monoisotopic (exact) mass is 212 g/mol. The van der Waals surface area contributed by atoms with Gasteiger partial charge in [0.2, 0.25) is 5.91 Å². The first-order valence-electron chi connectivity index (χ1n) is 4.95. The van der Waals surface area contributed by atoms with Crippen LogP contribution in [0.2, 0.25) is 0 Å². The SMILES string of the molecule is C=CCNC(=S)N1CCCCCC1=O. The van der Waals surface area contributed by atoms with Crippen LogP contribution in [0, 0.1) is 0 Å². The van der Waals surface area contributed by atoms with Crippen molar-refractivity contribution in [2.45, 2.75) is 25.7 Å². The maximum atomic E-state index is 11.6. The van der Waals surface area contributed by atoms with Crippen molar-refractivity contribution in [1.29, 1.82) is 0 Å². The van der Waals surface area contributed by atoms with Gasteiger partial charge in [0, 0.05) is 19.5 Å². The quantitative estimate of drug-likeness (QED) is 0.555. The molecule has 0 unspecified atom stereocenters. The van der Waals surface area contributed by atoms with E-state index in [9.17, 15) is 4.79 Å². The molecule has 1 heterocycles. The number of likely N-dealkylation sites (tertiary alicyclic amines) is 1. The zero-order valence-electron chi connectivity index (χ0n) is 8.29. The third-order valence-corrected chi connectivity index (χ3v) is 2.58. The smallest absolute Gasteiger partial charge is 0.228 e. The third kappa shape index (κ3) is 3.10. The molecule has 0 aromatic heterocycles. The Morgan fingerprint density at radius 1 is 1.57 bits per heavy atom. The second-order valence-corrected chi connectivity index (χ2v) is 3.72. The van der Waals surface area contributed by atoms with Gasteiger partial charge >= 0.3 is 0 Å². The molecule has 14 heavy (non-hydrogen) atoms. The normalized spacial score (nSPS) is 17.4. The standard InChI is InChI=1S/C10H16N2OS/c1-2-7-11-10(14)12-8-5-3-4-6-9(12)13/h2H,1,3-8H2,(H,11,14). The fraction of sp³-hybridized carbons (Fsp3) is 0.600. The van der Waals surface area contributed by atoms with Crippen LogP contribution in [-0.4, -0.2) is 29.0 Å². The molecule has 0 saturated carbocycles. The highest BCUT2D eigenvalue weighted by molar-refractivity contribution is 7.80. The van der Waals surface area contributed by atoms with E-state index in [2.05, 4.69) is 11.9 Å². The summed E-state index contributed by atoms with van der Waals surface area (Å²) < 4.78 is 0. The Balaban J connectivity index is 2.50. The minimum Gasteiger partial charge on any atom is -0.359 e. The maximum Gasteiger partial charge on any atom is 0.228 e. The second kappa shape index (κ2) is 5.75. The van der Waals surface area contributed by atoms with Crippen LogP contribution in [0.4, 0.5) is 0 Å². The van der Waals surface area contributed by atoms with Crippen molar-refractivity contribution in [1.82, 2.24) is 10.2 Å². The van der Waals surface area contributed by atoms with E-state index in [0.29, 0.717) is 18.1 Å². The highest BCUT2D eigenvalue weighted by Gasteiger charge is 2.19. The molecule has 1 aliphatic rings. The molecular formula is C10H16N2OS. The molecule has 0 spiro atoms. The van der Waals surface area contributed by atoms with Gasteiger partial charge in [-0.05, 0) is 25.1 Å². The van der Waals surface area contributed by atoms with Crippen molar-refractivity contribution in [2.75, 3.05) is 13.1 Å². The number of hydrogen-bond acceptors (Lipinski definition) is 2. The van der Waals surface area contributed by atoms with Crippen LogP contribution < -0.4 is 5.32 Å². The van der Waals surface area contributed by atoms with Gasteiger partial charge in [-0.15, -0.1) is 6.58 Å². The van der Waals surface area contributed by atoms with Gasteiger partial charge in [-0.25, -0.2) is 0 Å². The number of nitrogens with one attached hydrogen (secondary N) is 1. The fourth-order valence-corrected chi connectivity index (χ4v) is 1.73. The lowest BCUT2D eigenvalue weighted by molar-refractivity contribution is -0.126. The average Bonchev–Trinajstić information content (AvgIpc) is 2.39. The average molecular weight is 212 g/mol. The Bertz CT molecular complexity index is 240. The molecule has 0 aromatic carbocycles. The Hall–Kier alpha value is -0.900. The van der Waals surface area contributed by atoms with Crippen molar-refractivity contribution in [3.8, 4) is 0 Å². The van der Waals surface area contributed by atoms with E-state index in [4.69, 9.17) is 12.2 Å². The summed E-state index contributed by atoms with van der Waals surface area (Å²) in [5.74, 6) is 0.143. The first kappa shape index (κ1) is 11.2. The molecule has 3 nitrogen and oxygen atoms in total. The van der Waals surface area contributed by atoms with Crippen LogP contribution in [0.15, 0.2) is 12.7 Å². The molecule has 1 saturated heterocycles. The Kier molecular flexibility index (Phi) is 4.59. The Morgan fingerprint density at radius 2 is 2.36 bits per heavy atom. The third-order valence-electron chi connectivity index (χ3n) is 2.22. The largest absolute Gasteiger partial charge is 0.359 e. The molecule has 78 valence electrons.